The molecule has 0 heterocycles. The molecule has 1 N–H and O–H groups in total. The summed E-state index contributed by atoms with van der Waals surface area (Å²) in [4.78, 5) is 13.2. The Kier molecular flexibility index (Phi) is 8.57. The predicted molar refractivity (Wildman–Crippen MR) is 57.3 cm³/mol. The molecule has 0 spiro atoms. The molecule has 0 aliphatic rings. The number of nitrogens with one attached hydrogen (secondary N) is 1. The Bertz CT molecular complexity index is 147. The zero-order valence-electron chi connectivity index (χ0n) is 9.51. The maximum atomic E-state index is 11.0. The van der Waals surface area contributed by atoms with Crippen LogP contribution in [0.2, 0.25) is 0 Å². The third-order valence-electron chi connectivity index (χ3n) is 2.05. The Labute approximate surface area is 86.6 Å². The van der Waals surface area contributed by atoms with Crippen LogP contribution in [0, 0.1) is 0 Å². The number of hydrogen-bond acceptors (Lipinski definition) is 3. The second kappa shape index (κ2) is 8.97. The minimum Gasteiger partial charge on any atom is -0.370 e. The second-order valence-corrected chi connectivity index (χ2v) is 3.03. The molecule has 0 aromatic heterocycles. The maximum absolute atomic E-state index is 11.0. The van der Waals surface area contributed by atoms with Crippen molar-refractivity contribution in [2.24, 2.45) is 0 Å². The van der Waals surface area contributed by atoms with Crippen LogP contribution in [0.4, 0.5) is 0 Å². The summed E-state index contributed by atoms with van der Waals surface area (Å²) < 4.78 is 5.23. The number of carbonyl (C=O) groups is 1. The molecule has 0 aliphatic heterocycles. The molecular formula is C10H22N2O2. The fourth-order valence-electron chi connectivity index (χ4n) is 1.15. The molecule has 0 unspecified atom stereocenters. The summed E-state index contributed by atoms with van der Waals surface area (Å²) in [6, 6.07) is 0. The molecule has 0 fully saturated rings. The first kappa shape index (κ1) is 13.4. The molecule has 0 aromatic carbocycles. The van der Waals surface area contributed by atoms with Crippen molar-refractivity contribution >= 4 is 5.91 Å². The maximum Gasteiger partial charge on any atom is 0.245 e. The Hall–Kier alpha value is -0.610. The van der Waals surface area contributed by atoms with Crippen LogP contribution in [-0.4, -0.2) is 50.2 Å². The molecule has 0 bridgehead atoms. The summed E-state index contributed by atoms with van der Waals surface area (Å²) in [5, 5.41) is 2.68. The fraction of sp³-hybridized carbons (Fsp3) is 0.900. The zero-order chi connectivity index (χ0) is 10.8. The first-order chi connectivity index (χ1) is 6.74. The van der Waals surface area contributed by atoms with Gasteiger partial charge in [0, 0.05) is 13.1 Å². The zero-order valence-corrected chi connectivity index (χ0v) is 9.51. The van der Waals surface area contributed by atoms with Gasteiger partial charge in [0.05, 0.1) is 6.61 Å². The van der Waals surface area contributed by atoms with E-state index in [1.54, 1.807) is 0 Å². The number of likely N-dealkylation sites (N-methyl/N-ethyl adjacent to an activating group) is 2. The molecule has 0 saturated carbocycles. The van der Waals surface area contributed by atoms with Crippen molar-refractivity contribution in [3.8, 4) is 0 Å². The molecule has 1 amide bonds. The first-order valence-corrected chi connectivity index (χ1v) is 5.31. The molecule has 0 aliphatic carbocycles. The van der Waals surface area contributed by atoms with Gasteiger partial charge in [-0.25, -0.2) is 0 Å². The first-order valence-electron chi connectivity index (χ1n) is 5.31. The van der Waals surface area contributed by atoms with Gasteiger partial charge in [-0.3, -0.25) is 4.79 Å². The molecule has 0 aromatic rings. The molecule has 0 atom stereocenters. The van der Waals surface area contributed by atoms with E-state index in [9.17, 15) is 4.79 Å². The smallest absolute Gasteiger partial charge is 0.245 e. The van der Waals surface area contributed by atoms with Crippen LogP contribution in [0.1, 0.15) is 20.8 Å². The monoisotopic (exact) mass is 202 g/mol. The van der Waals surface area contributed by atoms with E-state index in [1.807, 2.05) is 6.92 Å². The lowest BCUT2D eigenvalue weighted by Crippen LogP contribution is -2.30. The van der Waals surface area contributed by atoms with Crippen LogP contribution < -0.4 is 5.32 Å². The summed E-state index contributed by atoms with van der Waals surface area (Å²) in [6.07, 6.45) is 0. The number of amides is 1. The van der Waals surface area contributed by atoms with Crippen molar-refractivity contribution in [2.75, 3.05) is 39.4 Å². The van der Waals surface area contributed by atoms with E-state index in [2.05, 4.69) is 24.1 Å². The number of rotatable bonds is 8. The van der Waals surface area contributed by atoms with Crippen LogP contribution in [0.3, 0.4) is 0 Å². The van der Waals surface area contributed by atoms with Crippen molar-refractivity contribution in [2.45, 2.75) is 20.8 Å². The van der Waals surface area contributed by atoms with Crippen LogP contribution in [0.5, 0.6) is 0 Å². The van der Waals surface area contributed by atoms with E-state index >= 15 is 0 Å². The number of carbonyl (C=O) groups excluding carboxylic acids is 1. The highest BCUT2D eigenvalue weighted by Gasteiger charge is 2.01. The normalized spacial score (nSPS) is 10.6. The van der Waals surface area contributed by atoms with Gasteiger partial charge in [0.2, 0.25) is 5.91 Å². The fourth-order valence-corrected chi connectivity index (χ4v) is 1.15. The van der Waals surface area contributed by atoms with Crippen LogP contribution in [-0.2, 0) is 9.53 Å². The Morgan fingerprint density at radius 1 is 1.29 bits per heavy atom. The third kappa shape index (κ3) is 6.86. The van der Waals surface area contributed by atoms with Crippen molar-refractivity contribution < 1.29 is 9.53 Å². The molecule has 4 nitrogen and oxygen atoms in total. The molecule has 84 valence electrons. The highest BCUT2D eigenvalue weighted by atomic mass is 16.5. The highest BCUT2D eigenvalue weighted by Crippen LogP contribution is 1.86. The lowest BCUT2D eigenvalue weighted by Gasteiger charge is -2.17. The summed E-state index contributed by atoms with van der Waals surface area (Å²) >= 11 is 0. The summed E-state index contributed by atoms with van der Waals surface area (Å²) in [7, 11) is 0. The van der Waals surface area contributed by atoms with Crippen LogP contribution in [0.15, 0.2) is 0 Å². The Balaban J connectivity index is 3.32. The van der Waals surface area contributed by atoms with Gasteiger partial charge in [-0.2, -0.15) is 0 Å². The standard InChI is InChI=1S/C10H22N2O2/c1-4-11-10(13)9-14-8-7-12(5-2)6-3/h4-9H2,1-3H3,(H,11,13). The molecule has 0 radical (unpaired) electrons. The highest BCUT2D eigenvalue weighted by molar-refractivity contribution is 5.77. The molecule has 14 heavy (non-hydrogen) atoms. The second-order valence-electron chi connectivity index (χ2n) is 3.03. The minimum absolute atomic E-state index is 0.0351. The SMILES string of the molecule is CCNC(=O)COCCN(CC)CC. The molecular weight excluding hydrogens is 180 g/mol. The molecule has 4 heteroatoms. The van der Waals surface area contributed by atoms with Gasteiger partial charge in [0.15, 0.2) is 0 Å². The Morgan fingerprint density at radius 3 is 2.43 bits per heavy atom. The molecule has 0 rings (SSSR count). The quantitative estimate of drug-likeness (QED) is 0.582. The van der Waals surface area contributed by atoms with Gasteiger partial charge in [-0.15, -0.1) is 0 Å². The number of ether oxygens (including phenoxy) is 1. The average Bonchev–Trinajstić information content (AvgIpc) is 2.19. The lowest BCUT2D eigenvalue weighted by atomic mass is 10.5. The third-order valence-corrected chi connectivity index (χ3v) is 2.05. The topological polar surface area (TPSA) is 41.6 Å². The van der Waals surface area contributed by atoms with Gasteiger partial charge in [-0.05, 0) is 20.0 Å². The van der Waals surface area contributed by atoms with Crippen molar-refractivity contribution in [3.63, 3.8) is 0 Å². The van der Waals surface area contributed by atoms with Gasteiger partial charge in [0.25, 0.3) is 0 Å². The summed E-state index contributed by atoms with van der Waals surface area (Å²) in [5.41, 5.74) is 0. The lowest BCUT2D eigenvalue weighted by molar-refractivity contribution is -0.125. The average molecular weight is 202 g/mol. The predicted octanol–water partition coefficient (Wildman–Crippen LogP) is 0.481. The number of nitrogens with zero attached hydrogens (tertiary/aromatic N) is 1. The summed E-state index contributed by atoms with van der Waals surface area (Å²) in [5.74, 6) is -0.0351. The van der Waals surface area contributed by atoms with Crippen molar-refractivity contribution in [1.82, 2.24) is 10.2 Å². The van der Waals surface area contributed by atoms with E-state index in [-0.39, 0.29) is 12.5 Å². The number of hydrogen-bond donors (Lipinski definition) is 1. The van der Waals surface area contributed by atoms with Gasteiger partial charge in [0.1, 0.15) is 6.61 Å². The van der Waals surface area contributed by atoms with Gasteiger partial charge >= 0.3 is 0 Å². The van der Waals surface area contributed by atoms with E-state index < -0.39 is 0 Å². The van der Waals surface area contributed by atoms with Crippen molar-refractivity contribution in [3.05, 3.63) is 0 Å². The van der Waals surface area contributed by atoms with E-state index in [0.29, 0.717) is 13.2 Å². The van der Waals surface area contributed by atoms with Crippen molar-refractivity contribution in [1.29, 1.82) is 0 Å². The molecule has 0 saturated heterocycles. The largest absolute Gasteiger partial charge is 0.370 e. The summed E-state index contributed by atoms with van der Waals surface area (Å²) in [6.45, 7) is 10.6. The Morgan fingerprint density at radius 2 is 1.93 bits per heavy atom. The van der Waals surface area contributed by atoms with Gasteiger partial charge < -0.3 is 15.0 Å². The van der Waals surface area contributed by atoms with E-state index in [0.717, 1.165) is 19.6 Å². The van der Waals surface area contributed by atoms with E-state index in [1.165, 1.54) is 0 Å². The van der Waals surface area contributed by atoms with Crippen LogP contribution in [0.25, 0.3) is 0 Å². The van der Waals surface area contributed by atoms with Gasteiger partial charge in [-0.1, -0.05) is 13.8 Å². The minimum atomic E-state index is -0.0351. The van der Waals surface area contributed by atoms with Crippen LogP contribution >= 0.6 is 0 Å². The van der Waals surface area contributed by atoms with E-state index in [4.69, 9.17) is 4.74 Å².